The molecule has 1 aliphatic heterocycles. The minimum atomic E-state index is -3.02. The molecular weight excluding hydrogens is 473 g/mol. The third-order valence-electron chi connectivity index (χ3n) is 6.55. The summed E-state index contributed by atoms with van der Waals surface area (Å²) in [4.78, 5) is 22.6. The van der Waals surface area contributed by atoms with Gasteiger partial charge in [0.15, 0.2) is 5.65 Å². The molecule has 0 spiro atoms. The number of halogens is 3. The number of allylic oxidation sites excluding steroid dienone is 5. The Morgan fingerprint density at radius 2 is 2.06 bits per heavy atom. The maximum absolute atomic E-state index is 13.9. The van der Waals surface area contributed by atoms with Crippen molar-refractivity contribution in [3.05, 3.63) is 64.9 Å². The van der Waals surface area contributed by atoms with Gasteiger partial charge in [-0.25, -0.2) is 18.2 Å². The molecule has 2 N–H and O–H groups in total. The van der Waals surface area contributed by atoms with E-state index in [2.05, 4.69) is 21.7 Å². The molecule has 8 nitrogen and oxygen atoms in total. The monoisotopic (exact) mass is 498 g/mol. The second kappa shape index (κ2) is 9.38. The zero-order valence-corrected chi connectivity index (χ0v) is 19.6. The Labute approximate surface area is 205 Å². The van der Waals surface area contributed by atoms with Gasteiger partial charge in [0.05, 0.1) is 23.6 Å². The van der Waals surface area contributed by atoms with Crippen molar-refractivity contribution in [2.75, 3.05) is 18.0 Å². The van der Waals surface area contributed by atoms with Crippen molar-refractivity contribution in [2.24, 2.45) is 10.7 Å². The van der Waals surface area contributed by atoms with Crippen molar-refractivity contribution < 1.29 is 22.7 Å². The highest BCUT2D eigenvalue weighted by Crippen LogP contribution is 2.36. The van der Waals surface area contributed by atoms with Gasteiger partial charge in [0, 0.05) is 36.5 Å². The van der Waals surface area contributed by atoms with Crippen LogP contribution in [0.2, 0.25) is 0 Å². The third-order valence-corrected chi connectivity index (χ3v) is 6.55. The number of rotatable bonds is 7. The maximum Gasteiger partial charge on any atom is 0.283 e. The van der Waals surface area contributed by atoms with E-state index in [-0.39, 0.29) is 17.9 Å². The molecule has 3 heterocycles. The molecule has 1 saturated heterocycles. The molecule has 36 heavy (non-hydrogen) atoms. The molecule has 0 aromatic carbocycles. The van der Waals surface area contributed by atoms with Crippen LogP contribution in [0.1, 0.15) is 53.0 Å². The van der Waals surface area contributed by atoms with Crippen molar-refractivity contribution in [3.8, 4) is 0 Å². The fourth-order valence-electron chi connectivity index (χ4n) is 4.51. The summed E-state index contributed by atoms with van der Waals surface area (Å²) in [5.41, 5.74) is 6.21. The topological polar surface area (TPSA) is 98.1 Å². The van der Waals surface area contributed by atoms with Crippen LogP contribution in [0, 0.1) is 6.92 Å². The van der Waals surface area contributed by atoms with Gasteiger partial charge in [0.2, 0.25) is 0 Å². The van der Waals surface area contributed by atoms with Crippen LogP contribution in [0.5, 0.6) is 0 Å². The summed E-state index contributed by atoms with van der Waals surface area (Å²) in [7, 11) is 0. The number of anilines is 1. The van der Waals surface area contributed by atoms with Crippen molar-refractivity contribution in [3.63, 3.8) is 0 Å². The van der Waals surface area contributed by atoms with E-state index in [1.54, 1.807) is 19.1 Å². The number of hydrogen-bond acceptors (Lipinski definition) is 6. The predicted octanol–water partition coefficient (Wildman–Crippen LogP) is 4.22. The molecule has 2 fully saturated rings. The molecule has 3 aliphatic rings. The van der Waals surface area contributed by atoms with Crippen molar-refractivity contribution in [1.29, 1.82) is 0 Å². The lowest BCUT2D eigenvalue weighted by atomic mass is 9.95. The van der Waals surface area contributed by atoms with Gasteiger partial charge < -0.3 is 15.4 Å². The lowest BCUT2D eigenvalue weighted by Crippen LogP contribution is -2.55. The highest BCUT2D eigenvalue weighted by Gasteiger charge is 2.36. The maximum atomic E-state index is 13.9. The van der Waals surface area contributed by atoms with E-state index in [1.165, 1.54) is 22.9 Å². The number of amides is 1. The second-order valence-electron chi connectivity index (χ2n) is 8.97. The van der Waals surface area contributed by atoms with Gasteiger partial charge in [0.25, 0.3) is 12.3 Å². The smallest absolute Gasteiger partial charge is 0.283 e. The van der Waals surface area contributed by atoms with Crippen LogP contribution in [0.3, 0.4) is 0 Å². The van der Waals surface area contributed by atoms with Gasteiger partial charge in [-0.1, -0.05) is 6.58 Å². The van der Waals surface area contributed by atoms with Crippen LogP contribution >= 0.6 is 0 Å². The fraction of sp³-hybridized carbons (Fsp3) is 0.360. The van der Waals surface area contributed by atoms with Gasteiger partial charge >= 0.3 is 0 Å². The first-order chi connectivity index (χ1) is 17.3. The van der Waals surface area contributed by atoms with Crippen LogP contribution in [-0.2, 0) is 4.74 Å². The van der Waals surface area contributed by atoms with Crippen LogP contribution < -0.4 is 10.6 Å². The first-order valence-electron chi connectivity index (χ1n) is 11.6. The van der Waals surface area contributed by atoms with E-state index in [0.717, 1.165) is 19.3 Å². The van der Waals surface area contributed by atoms with E-state index >= 15 is 0 Å². The van der Waals surface area contributed by atoms with Gasteiger partial charge in [0.1, 0.15) is 22.9 Å². The summed E-state index contributed by atoms with van der Waals surface area (Å²) >= 11 is 0. The minimum Gasteiger partial charge on any atom is -0.371 e. The number of ether oxygens (including phenoxy) is 1. The SMILES string of the molecule is C=CN=C1C=C(F)C=C/C1=C\c1c(C)nc2c(C(N)=O)c(C(F)F)nn2c1N1CC(OC2CCC2)C1. The molecule has 5 rings (SSSR count). The van der Waals surface area contributed by atoms with Crippen molar-refractivity contribution in [2.45, 2.75) is 44.8 Å². The molecule has 0 atom stereocenters. The molecule has 0 radical (unpaired) electrons. The summed E-state index contributed by atoms with van der Waals surface area (Å²) in [6, 6.07) is 0. The summed E-state index contributed by atoms with van der Waals surface area (Å²) in [6.45, 7) is 6.31. The lowest BCUT2D eigenvalue weighted by Gasteiger charge is -2.44. The quantitative estimate of drug-likeness (QED) is 0.616. The predicted molar refractivity (Wildman–Crippen MR) is 130 cm³/mol. The summed E-state index contributed by atoms with van der Waals surface area (Å²) in [6.07, 6.45) is 7.63. The highest BCUT2D eigenvalue weighted by atomic mass is 19.3. The first kappa shape index (κ1) is 24.0. The van der Waals surface area contributed by atoms with Crippen LogP contribution in [0.4, 0.5) is 19.0 Å². The third kappa shape index (κ3) is 4.23. The normalized spacial score (nSPS) is 20.8. The average molecular weight is 499 g/mol. The van der Waals surface area contributed by atoms with Crippen molar-refractivity contribution >= 4 is 29.2 Å². The summed E-state index contributed by atoms with van der Waals surface area (Å²) < 4.78 is 48.8. The Hall–Kier alpha value is -3.73. The number of nitrogens with zero attached hydrogens (tertiary/aromatic N) is 5. The first-order valence-corrected chi connectivity index (χ1v) is 11.6. The van der Waals surface area contributed by atoms with Crippen LogP contribution in [-0.4, -0.2) is 51.5 Å². The zero-order valence-electron chi connectivity index (χ0n) is 19.6. The van der Waals surface area contributed by atoms with E-state index in [1.807, 2.05) is 4.90 Å². The van der Waals surface area contributed by atoms with Gasteiger partial charge in [-0.05, 0) is 44.4 Å². The van der Waals surface area contributed by atoms with Crippen LogP contribution in [0.15, 0.2) is 47.4 Å². The number of nitrogens with two attached hydrogens (primary N) is 1. The van der Waals surface area contributed by atoms with E-state index in [4.69, 9.17) is 10.5 Å². The molecule has 2 aliphatic carbocycles. The fourth-order valence-corrected chi connectivity index (χ4v) is 4.51. The Kier molecular flexibility index (Phi) is 6.25. The summed E-state index contributed by atoms with van der Waals surface area (Å²) in [5, 5.41) is 4.07. The van der Waals surface area contributed by atoms with Gasteiger partial charge in [-0.2, -0.15) is 9.61 Å². The molecule has 0 unspecified atom stereocenters. The standard InChI is InChI=1S/C25H25F3N6O2/c1-3-30-19-10-15(26)8-7-14(19)9-18-13(2)31-24-20(23(29)35)21(22(27)28)32-34(24)25(18)33-11-17(12-33)36-16-5-4-6-16/h3,7-10,16-17,22H,1,4-6,11-12H2,2H3,(H2,29,35)/b14-9+,30-19?. The average Bonchev–Trinajstić information content (AvgIpc) is 3.14. The molecule has 11 heteroatoms. The number of carbonyl (C=O) groups is 1. The lowest BCUT2D eigenvalue weighted by molar-refractivity contribution is -0.0616. The van der Waals surface area contributed by atoms with E-state index < -0.39 is 29.4 Å². The molecule has 188 valence electrons. The second-order valence-corrected chi connectivity index (χ2v) is 8.97. The minimum absolute atomic E-state index is 0.00967. The largest absolute Gasteiger partial charge is 0.371 e. The highest BCUT2D eigenvalue weighted by molar-refractivity contribution is 6.15. The number of hydrogen-bond donors (Lipinski definition) is 1. The number of aliphatic imine (C=N–C) groups is 1. The van der Waals surface area contributed by atoms with Crippen molar-refractivity contribution in [1.82, 2.24) is 14.6 Å². The van der Waals surface area contributed by atoms with E-state index in [9.17, 15) is 18.0 Å². The number of aryl methyl sites for hydroxylation is 1. The zero-order chi connectivity index (χ0) is 25.6. The Balaban J connectivity index is 1.66. The molecule has 2 aromatic rings. The molecule has 1 amide bonds. The molecule has 1 saturated carbocycles. The number of carbonyl (C=O) groups excluding carboxylic acids is 1. The molecular formula is C25H25F3N6O2. The number of alkyl halides is 2. The Morgan fingerprint density at radius 3 is 2.67 bits per heavy atom. The van der Waals surface area contributed by atoms with Gasteiger partial charge in [-0.15, -0.1) is 0 Å². The van der Waals surface area contributed by atoms with E-state index in [0.29, 0.717) is 41.4 Å². The van der Waals surface area contributed by atoms with Gasteiger partial charge in [-0.3, -0.25) is 9.79 Å². The van der Waals surface area contributed by atoms with Crippen LogP contribution in [0.25, 0.3) is 11.7 Å². The number of primary amides is 1. The number of fused-ring (bicyclic) bond motifs is 1. The summed E-state index contributed by atoms with van der Waals surface area (Å²) in [5.74, 6) is -1.03. The molecule has 0 bridgehead atoms. The number of aromatic nitrogens is 3. The Bertz CT molecular complexity index is 1360. The Morgan fingerprint density at radius 1 is 1.31 bits per heavy atom. The molecule has 2 aromatic heterocycles.